The van der Waals surface area contributed by atoms with Gasteiger partial charge in [0.1, 0.15) is 11.9 Å². The van der Waals surface area contributed by atoms with E-state index >= 15 is 0 Å². The number of hydrogen-bond acceptors (Lipinski definition) is 7. The summed E-state index contributed by atoms with van der Waals surface area (Å²) in [6, 6.07) is 13.0. The van der Waals surface area contributed by atoms with Gasteiger partial charge in [-0.15, -0.1) is 0 Å². The third kappa shape index (κ3) is 4.24. The van der Waals surface area contributed by atoms with Crippen molar-refractivity contribution in [3.63, 3.8) is 0 Å². The van der Waals surface area contributed by atoms with Crippen molar-refractivity contribution in [2.24, 2.45) is 0 Å². The molecule has 31 heavy (non-hydrogen) atoms. The normalized spacial score (nSPS) is 13.7. The summed E-state index contributed by atoms with van der Waals surface area (Å²) in [4.78, 5) is 21.3. The van der Waals surface area contributed by atoms with Crippen molar-refractivity contribution in [2.75, 3.05) is 13.1 Å². The highest BCUT2D eigenvalue weighted by atomic mass is 19.1. The van der Waals surface area contributed by atoms with Crippen molar-refractivity contribution in [1.82, 2.24) is 25.5 Å². The third-order valence-electron chi connectivity index (χ3n) is 5.08. The van der Waals surface area contributed by atoms with Crippen LogP contribution in [0.4, 0.5) is 4.39 Å². The van der Waals surface area contributed by atoms with Crippen molar-refractivity contribution in [2.45, 2.75) is 12.5 Å². The number of nitrogens with one attached hydrogen (secondary N) is 1. The second-order valence-corrected chi connectivity index (χ2v) is 7.36. The number of carbonyl (C=O) groups excluding carboxylic acids is 1. The van der Waals surface area contributed by atoms with Crippen LogP contribution in [0.3, 0.4) is 0 Å². The Kier molecular flexibility index (Phi) is 5.05. The second kappa shape index (κ2) is 8.16. The minimum absolute atomic E-state index is 0.0807. The predicted octanol–water partition coefficient (Wildman–Crippen LogP) is 3.00. The lowest BCUT2D eigenvalue weighted by atomic mass is 10.0. The summed E-state index contributed by atoms with van der Waals surface area (Å²) in [5.74, 6) is -0.0370. The highest BCUT2D eigenvalue weighted by Gasteiger charge is 2.19. The van der Waals surface area contributed by atoms with Crippen LogP contribution >= 0.6 is 0 Å². The predicted molar refractivity (Wildman–Crippen MR) is 112 cm³/mol. The second-order valence-electron chi connectivity index (χ2n) is 7.36. The molecule has 8 heteroatoms. The molecule has 1 aliphatic heterocycles. The molecule has 0 radical (unpaired) electrons. The van der Waals surface area contributed by atoms with Gasteiger partial charge in [0.2, 0.25) is 5.88 Å². The van der Waals surface area contributed by atoms with E-state index in [0.717, 1.165) is 24.0 Å². The van der Waals surface area contributed by atoms with E-state index in [4.69, 9.17) is 4.74 Å². The Morgan fingerprint density at radius 1 is 1.06 bits per heavy atom. The van der Waals surface area contributed by atoms with Gasteiger partial charge >= 0.3 is 0 Å². The van der Waals surface area contributed by atoms with E-state index < -0.39 is 0 Å². The Balaban J connectivity index is 1.39. The molecule has 4 aromatic rings. The van der Waals surface area contributed by atoms with Crippen LogP contribution in [-0.4, -0.2) is 45.1 Å². The van der Waals surface area contributed by atoms with Gasteiger partial charge in [-0.1, -0.05) is 6.07 Å². The summed E-state index contributed by atoms with van der Waals surface area (Å²) in [6.45, 7) is 1.61. The van der Waals surface area contributed by atoms with E-state index in [-0.39, 0.29) is 24.1 Å². The minimum Gasteiger partial charge on any atom is -0.471 e. The van der Waals surface area contributed by atoms with Gasteiger partial charge in [-0.2, -0.15) is 10.2 Å². The maximum Gasteiger partial charge on any atom is 0.233 e. The first-order chi connectivity index (χ1) is 15.1. The fourth-order valence-corrected chi connectivity index (χ4v) is 3.30. The maximum atomic E-state index is 13.1. The molecule has 1 fully saturated rings. The van der Waals surface area contributed by atoms with Crippen LogP contribution in [0.25, 0.3) is 22.2 Å². The fraction of sp³-hybridized carbons (Fsp3) is 0.174. The molecule has 3 heterocycles. The summed E-state index contributed by atoms with van der Waals surface area (Å²) >= 11 is 0. The topological polar surface area (TPSA) is 89.9 Å². The van der Waals surface area contributed by atoms with E-state index in [1.165, 1.54) is 24.3 Å². The average Bonchev–Trinajstić information content (AvgIpc) is 2.76. The summed E-state index contributed by atoms with van der Waals surface area (Å²) in [5.41, 5.74) is 3.24. The molecule has 0 saturated carbocycles. The van der Waals surface area contributed by atoms with Gasteiger partial charge in [0.25, 0.3) is 0 Å². The third-order valence-corrected chi connectivity index (χ3v) is 5.08. The Morgan fingerprint density at radius 2 is 1.90 bits per heavy atom. The van der Waals surface area contributed by atoms with Crippen LogP contribution in [0.15, 0.2) is 60.9 Å². The van der Waals surface area contributed by atoms with Gasteiger partial charge in [0, 0.05) is 29.6 Å². The van der Waals surface area contributed by atoms with Crippen LogP contribution in [0.5, 0.6) is 5.88 Å². The van der Waals surface area contributed by atoms with E-state index in [0.29, 0.717) is 28.3 Å². The van der Waals surface area contributed by atoms with Crippen molar-refractivity contribution in [3.8, 4) is 17.1 Å². The van der Waals surface area contributed by atoms with E-state index in [1.54, 1.807) is 12.4 Å². The van der Waals surface area contributed by atoms with Crippen LogP contribution in [0.2, 0.25) is 0 Å². The molecule has 5 rings (SSSR count). The van der Waals surface area contributed by atoms with Crippen molar-refractivity contribution < 1.29 is 13.9 Å². The molecule has 2 aromatic carbocycles. The molecule has 0 unspecified atom stereocenters. The van der Waals surface area contributed by atoms with Crippen molar-refractivity contribution >= 4 is 16.7 Å². The monoisotopic (exact) mass is 415 g/mol. The van der Waals surface area contributed by atoms with Gasteiger partial charge in [0.15, 0.2) is 5.78 Å². The molecule has 1 aliphatic rings. The lowest BCUT2D eigenvalue weighted by molar-refractivity contribution is 0.0991. The Bertz CT molecular complexity index is 1260. The number of aromatic nitrogens is 4. The van der Waals surface area contributed by atoms with Crippen LogP contribution in [0.1, 0.15) is 16.1 Å². The van der Waals surface area contributed by atoms with Gasteiger partial charge in [-0.3, -0.25) is 9.78 Å². The number of ketones is 1. The Morgan fingerprint density at radius 3 is 2.68 bits per heavy atom. The van der Waals surface area contributed by atoms with Crippen molar-refractivity contribution in [3.05, 3.63) is 78.0 Å². The highest BCUT2D eigenvalue weighted by Crippen LogP contribution is 2.24. The first-order valence-corrected chi connectivity index (χ1v) is 9.89. The van der Waals surface area contributed by atoms with Gasteiger partial charge < -0.3 is 10.1 Å². The van der Waals surface area contributed by atoms with E-state index in [9.17, 15) is 9.18 Å². The number of carbonyl (C=O) groups is 1. The zero-order chi connectivity index (χ0) is 21.2. The van der Waals surface area contributed by atoms with Crippen LogP contribution in [0, 0.1) is 5.82 Å². The fourth-order valence-electron chi connectivity index (χ4n) is 3.30. The van der Waals surface area contributed by atoms with Crippen molar-refractivity contribution in [1.29, 1.82) is 0 Å². The summed E-state index contributed by atoms with van der Waals surface area (Å²) in [7, 11) is 0. The first kappa shape index (κ1) is 19.2. The highest BCUT2D eigenvalue weighted by molar-refractivity contribution is 5.97. The molecule has 7 nitrogen and oxygen atoms in total. The van der Waals surface area contributed by atoms with Gasteiger partial charge in [-0.25, -0.2) is 9.37 Å². The summed E-state index contributed by atoms with van der Waals surface area (Å²) in [5, 5.41) is 12.4. The molecule has 154 valence electrons. The summed E-state index contributed by atoms with van der Waals surface area (Å²) in [6.07, 6.45) is 3.49. The SMILES string of the molecule is O=C(Cc1cc2cc(-c3cncc(OC4CNC4)n3)ccc2nn1)c1ccc(F)cc1. The molecule has 0 bridgehead atoms. The summed E-state index contributed by atoms with van der Waals surface area (Å²) < 4.78 is 18.9. The molecule has 0 atom stereocenters. The van der Waals surface area contributed by atoms with Gasteiger partial charge in [-0.05, 0) is 42.5 Å². The van der Waals surface area contributed by atoms with Crippen LogP contribution in [-0.2, 0) is 6.42 Å². The lowest BCUT2D eigenvalue weighted by Crippen LogP contribution is -2.50. The molecule has 1 N–H and O–H groups in total. The van der Waals surface area contributed by atoms with Gasteiger partial charge in [0.05, 0.1) is 35.7 Å². The van der Waals surface area contributed by atoms with E-state index in [1.807, 2.05) is 24.3 Å². The quantitative estimate of drug-likeness (QED) is 0.484. The van der Waals surface area contributed by atoms with E-state index in [2.05, 4.69) is 25.5 Å². The molecular formula is C23H18FN5O2. The maximum absolute atomic E-state index is 13.1. The number of halogens is 1. The number of fused-ring (bicyclic) bond motifs is 1. The Hall–Kier alpha value is -3.78. The average molecular weight is 415 g/mol. The first-order valence-electron chi connectivity index (χ1n) is 9.89. The molecule has 0 aliphatic carbocycles. The number of Topliss-reactive ketones (excluding diaryl/α,β-unsaturated/α-hetero) is 1. The molecule has 2 aromatic heterocycles. The molecule has 1 saturated heterocycles. The minimum atomic E-state index is -0.378. The number of nitrogens with zero attached hydrogens (tertiary/aromatic N) is 4. The smallest absolute Gasteiger partial charge is 0.233 e. The molecule has 0 amide bonds. The Labute approximate surface area is 177 Å². The largest absolute Gasteiger partial charge is 0.471 e. The molecular weight excluding hydrogens is 397 g/mol. The lowest BCUT2D eigenvalue weighted by Gasteiger charge is -2.27. The number of rotatable bonds is 6. The number of benzene rings is 2. The number of hydrogen-bond donors (Lipinski definition) is 1. The number of ether oxygens (including phenoxy) is 1. The zero-order valence-corrected chi connectivity index (χ0v) is 16.5. The molecule has 0 spiro atoms. The standard InChI is InChI=1S/C23H18FN5O2/c24-17-4-1-14(2-5-17)22(30)9-18-8-16-7-15(3-6-20(16)29-28-18)21-12-26-13-23(27-21)31-19-10-25-11-19/h1-8,12-13,19,25H,9-11H2. The van der Waals surface area contributed by atoms with Crippen LogP contribution < -0.4 is 10.1 Å². The zero-order valence-electron chi connectivity index (χ0n) is 16.5.